The van der Waals surface area contributed by atoms with Gasteiger partial charge in [0.2, 0.25) is 0 Å². The van der Waals surface area contributed by atoms with Crippen LogP contribution in [0.2, 0.25) is 0 Å². The number of aromatic nitrogens is 2. The molecule has 5 rings (SSSR count). The molecule has 0 spiro atoms. The van der Waals surface area contributed by atoms with E-state index in [9.17, 15) is 8.78 Å². The first-order chi connectivity index (χ1) is 14.1. The molecule has 1 aliphatic heterocycles. The van der Waals surface area contributed by atoms with Crippen molar-refractivity contribution in [3.05, 3.63) is 83.4 Å². The van der Waals surface area contributed by atoms with Crippen LogP contribution < -0.4 is 4.90 Å². The Bertz CT molecular complexity index is 1220. The van der Waals surface area contributed by atoms with Gasteiger partial charge >= 0.3 is 0 Å². The first-order valence-corrected chi connectivity index (χ1v) is 9.70. The molecule has 0 fully saturated rings. The lowest BCUT2D eigenvalue weighted by atomic mass is 10.00. The molecule has 1 aliphatic rings. The number of para-hydroxylation sites is 1. The molecule has 4 aromatic rings. The van der Waals surface area contributed by atoms with Crippen molar-refractivity contribution in [1.82, 2.24) is 9.97 Å². The lowest BCUT2D eigenvalue weighted by Crippen LogP contribution is -2.27. The molecule has 0 unspecified atom stereocenters. The summed E-state index contributed by atoms with van der Waals surface area (Å²) in [5.74, 6) is 0.177. The third-order valence-electron chi connectivity index (χ3n) is 5.44. The van der Waals surface area contributed by atoms with Crippen LogP contribution in [0.15, 0.2) is 60.7 Å². The number of anilines is 2. The summed E-state index contributed by atoms with van der Waals surface area (Å²) in [4.78, 5) is 11.9. The standard InChI is InChI=1S/C24H19F2N3/c1-15-5-2-8-20-22(15)28-24(23(27-20)16-10-12-17(25)13-11-16)29-14-4-6-18-19(26)7-3-9-21(18)29/h2-3,5,7-13H,4,6,14H2,1H3. The number of halogens is 2. The van der Waals surface area contributed by atoms with Gasteiger partial charge in [-0.25, -0.2) is 18.7 Å². The van der Waals surface area contributed by atoms with E-state index in [1.165, 1.54) is 18.2 Å². The van der Waals surface area contributed by atoms with E-state index in [4.69, 9.17) is 9.97 Å². The van der Waals surface area contributed by atoms with E-state index in [1.807, 2.05) is 36.1 Å². The zero-order chi connectivity index (χ0) is 20.0. The van der Waals surface area contributed by atoms with Crippen molar-refractivity contribution in [3.8, 4) is 11.3 Å². The van der Waals surface area contributed by atoms with Crippen molar-refractivity contribution in [2.45, 2.75) is 19.8 Å². The molecular formula is C24H19F2N3. The maximum atomic E-state index is 14.4. The number of benzene rings is 3. The summed E-state index contributed by atoms with van der Waals surface area (Å²) in [6.07, 6.45) is 1.52. The zero-order valence-electron chi connectivity index (χ0n) is 16.0. The predicted octanol–water partition coefficient (Wildman–Crippen LogP) is 5.97. The second-order valence-corrected chi connectivity index (χ2v) is 7.34. The van der Waals surface area contributed by atoms with E-state index in [0.717, 1.165) is 40.8 Å². The number of fused-ring (bicyclic) bond motifs is 2. The highest BCUT2D eigenvalue weighted by Crippen LogP contribution is 2.39. The molecule has 0 bridgehead atoms. The van der Waals surface area contributed by atoms with Crippen LogP contribution in [-0.4, -0.2) is 16.5 Å². The van der Waals surface area contributed by atoms with Crippen LogP contribution in [0.25, 0.3) is 22.3 Å². The maximum absolute atomic E-state index is 14.4. The Morgan fingerprint density at radius 3 is 2.52 bits per heavy atom. The largest absolute Gasteiger partial charge is 0.324 e. The van der Waals surface area contributed by atoms with Crippen LogP contribution in [0.5, 0.6) is 0 Å². The van der Waals surface area contributed by atoms with Crippen molar-refractivity contribution >= 4 is 22.5 Å². The molecule has 0 N–H and O–H groups in total. The van der Waals surface area contributed by atoms with E-state index in [0.29, 0.717) is 23.5 Å². The molecule has 0 saturated heterocycles. The highest BCUT2D eigenvalue weighted by Gasteiger charge is 2.25. The number of hydrogen-bond acceptors (Lipinski definition) is 3. The highest BCUT2D eigenvalue weighted by molar-refractivity contribution is 5.87. The van der Waals surface area contributed by atoms with Gasteiger partial charge in [0.05, 0.1) is 11.0 Å². The van der Waals surface area contributed by atoms with E-state index < -0.39 is 0 Å². The van der Waals surface area contributed by atoms with E-state index >= 15 is 0 Å². The van der Waals surface area contributed by atoms with Gasteiger partial charge in [-0.3, -0.25) is 0 Å². The number of hydrogen-bond donors (Lipinski definition) is 0. The fourth-order valence-electron chi connectivity index (χ4n) is 4.00. The summed E-state index contributed by atoms with van der Waals surface area (Å²) in [7, 11) is 0. The minimum absolute atomic E-state index is 0.194. The van der Waals surface area contributed by atoms with Crippen LogP contribution in [0.4, 0.5) is 20.3 Å². The maximum Gasteiger partial charge on any atom is 0.160 e. The van der Waals surface area contributed by atoms with Gasteiger partial charge in [0.1, 0.15) is 17.3 Å². The van der Waals surface area contributed by atoms with Crippen molar-refractivity contribution < 1.29 is 8.78 Å². The third-order valence-corrected chi connectivity index (χ3v) is 5.44. The van der Waals surface area contributed by atoms with Crippen LogP contribution in [-0.2, 0) is 6.42 Å². The van der Waals surface area contributed by atoms with E-state index in [2.05, 4.69) is 0 Å². The smallest absolute Gasteiger partial charge is 0.160 e. The molecule has 3 aromatic carbocycles. The fraction of sp³-hybridized carbons (Fsp3) is 0.167. The summed E-state index contributed by atoms with van der Waals surface area (Å²) >= 11 is 0. The molecule has 5 heteroatoms. The van der Waals surface area contributed by atoms with E-state index in [-0.39, 0.29) is 11.6 Å². The molecule has 0 aliphatic carbocycles. The summed E-state index contributed by atoms with van der Waals surface area (Å²) in [6, 6.07) is 17.3. The minimum Gasteiger partial charge on any atom is -0.324 e. The Kier molecular flexibility index (Phi) is 4.23. The summed E-state index contributed by atoms with van der Waals surface area (Å²) < 4.78 is 28.0. The lowest BCUT2D eigenvalue weighted by Gasteiger charge is -2.32. The molecule has 0 radical (unpaired) electrons. The number of aryl methyl sites for hydroxylation is 1. The first-order valence-electron chi connectivity index (χ1n) is 9.70. The van der Waals surface area contributed by atoms with Crippen LogP contribution in [0.3, 0.4) is 0 Å². The van der Waals surface area contributed by atoms with Gasteiger partial charge in [-0.2, -0.15) is 0 Å². The molecule has 0 saturated carbocycles. The Morgan fingerprint density at radius 2 is 1.69 bits per heavy atom. The average molecular weight is 387 g/mol. The Balaban J connectivity index is 1.79. The van der Waals surface area contributed by atoms with Gasteiger partial charge in [0.25, 0.3) is 0 Å². The fourth-order valence-corrected chi connectivity index (χ4v) is 4.00. The van der Waals surface area contributed by atoms with Gasteiger partial charge in [0.15, 0.2) is 5.82 Å². The predicted molar refractivity (Wildman–Crippen MR) is 111 cm³/mol. The average Bonchev–Trinajstić information content (AvgIpc) is 2.74. The van der Waals surface area contributed by atoms with Gasteiger partial charge in [-0.1, -0.05) is 18.2 Å². The van der Waals surface area contributed by atoms with Crippen LogP contribution in [0.1, 0.15) is 17.5 Å². The van der Waals surface area contributed by atoms with Crippen LogP contribution >= 0.6 is 0 Å². The normalized spacial score (nSPS) is 13.6. The monoisotopic (exact) mass is 387 g/mol. The molecule has 144 valence electrons. The van der Waals surface area contributed by atoms with Crippen LogP contribution in [0, 0.1) is 18.6 Å². The van der Waals surface area contributed by atoms with Gasteiger partial charge in [0, 0.05) is 23.4 Å². The van der Waals surface area contributed by atoms with Crippen molar-refractivity contribution in [1.29, 1.82) is 0 Å². The lowest BCUT2D eigenvalue weighted by molar-refractivity contribution is 0.596. The van der Waals surface area contributed by atoms with Gasteiger partial charge < -0.3 is 4.90 Å². The molecular weight excluding hydrogens is 368 g/mol. The second kappa shape index (κ2) is 6.92. The quantitative estimate of drug-likeness (QED) is 0.424. The Morgan fingerprint density at radius 1 is 0.897 bits per heavy atom. The second-order valence-electron chi connectivity index (χ2n) is 7.34. The molecule has 2 heterocycles. The van der Waals surface area contributed by atoms with E-state index in [1.54, 1.807) is 18.2 Å². The van der Waals surface area contributed by atoms with Crippen molar-refractivity contribution in [3.63, 3.8) is 0 Å². The summed E-state index contributed by atoms with van der Waals surface area (Å²) in [5.41, 5.74) is 5.60. The number of nitrogens with zero attached hydrogens (tertiary/aromatic N) is 3. The molecule has 1 aromatic heterocycles. The van der Waals surface area contributed by atoms with Crippen molar-refractivity contribution in [2.75, 3.05) is 11.4 Å². The molecule has 0 amide bonds. The Labute approximate surface area is 167 Å². The van der Waals surface area contributed by atoms with Gasteiger partial charge in [-0.15, -0.1) is 0 Å². The SMILES string of the molecule is Cc1cccc2nc(-c3ccc(F)cc3)c(N3CCCc4c(F)cccc43)nc12. The zero-order valence-corrected chi connectivity index (χ0v) is 16.0. The summed E-state index contributed by atoms with van der Waals surface area (Å²) in [5, 5.41) is 0. The van der Waals surface area contributed by atoms with Crippen molar-refractivity contribution in [2.24, 2.45) is 0 Å². The summed E-state index contributed by atoms with van der Waals surface area (Å²) in [6.45, 7) is 2.72. The molecule has 3 nitrogen and oxygen atoms in total. The third kappa shape index (κ3) is 3.03. The Hall–Kier alpha value is -3.34. The van der Waals surface area contributed by atoms with Gasteiger partial charge in [-0.05, 0) is 67.8 Å². The number of rotatable bonds is 2. The minimum atomic E-state index is -0.301. The topological polar surface area (TPSA) is 29.0 Å². The molecule has 0 atom stereocenters. The molecule has 29 heavy (non-hydrogen) atoms. The first kappa shape index (κ1) is 17.7. The highest BCUT2D eigenvalue weighted by atomic mass is 19.1.